The van der Waals surface area contributed by atoms with Gasteiger partial charge in [0.25, 0.3) is 0 Å². The Morgan fingerprint density at radius 1 is 0.719 bits per heavy atom. The van der Waals surface area contributed by atoms with Crippen molar-refractivity contribution in [1.82, 2.24) is 9.97 Å². The maximum atomic E-state index is 14.4. The lowest BCUT2D eigenvalue weighted by Gasteiger charge is -2.30. The van der Waals surface area contributed by atoms with E-state index in [1.54, 1.807) is 47.9 Å². The van der Waals surface area contributed by atoms with Crippen molar-refractivity contribution >= 4 is 40.5 Å². The number of para-hydroxylation sites is 2. The highest BCUT2D eigenvalue weighted by Gasteiger charge is 2.51. The van der Waals surface area contributed by atoms with Gasteiger partial charge in [-0.1, -0.05) is 47.5 Å². The predicted molar refractivity (Wildman–Crippen MR) is 128 cm³/mol. The summed E-state index contributed by atoms with van der Waals surface area (Å²) in [7, 11) is 0. The van der Waals surface area contributed by atoms with E-state index in [0.717, 1.165) is 22.4 Å². The number of nitrogens with zero attached hydrogens (tertiary/aromatic N) is 3. The van der Waals surface area contributed by atoms with Crippen LogP contribution in [-0.2, 0) is 23.1 Å². The van der Waals surface area contributed by atoms with Gasteiger partial charge in [-0.2, -0.15) is 0 Å². The molecule has 0 fully saturated rings. The summed E-state index contributed by atoms with van der Waals surface area (Å²) in [6.07, 6.45) is 8.05. The Hall–Kier alpha value is -3.21. The highest BCUT2D eigenvalue weighted by atomic mass is 35.5. The Labute approximate surface area is 196 Å². The van der Waals surface area contributed by atoms with Crippen LogP contribution in [0.3, 0.4) is 0 Å². The zero-order valence-electron chi connectivity index (χ0n) is 17.1. The van der Waals surface area contributed by atoms with Crippen molar-refractivity contribution in [1.29, 1.82) is 0 Å². The lowest BCUT2D eigenvalue weighted by Crippen LogP contribution is -2.42. The second-order valence-corrected chi connectivity index (χ2v) is 8.69. The summed E-state index contributed by atoms with van der Waals surface area (Å²) in [6.45, 7) is 0. The number of pyridine rings is 2. The van der Waals surface area contributed by atoms with Crippen LogP contribution in [0.25, 0.3) is 0 Å². The molecule has 32 heavy (non-hydrogen) atoms. The number of anilines is 2. The van der Waals surface area contributed by atoms with E-state index in [0.29, 0.717) is 28.6 Å². The van der Waals surface area contributed by atoms with Gasteiger partial charge in [0.15, 0.2) is 0 Å². The molecule has 2 aromatic heterocycles. The van der Waals surface area contributed by atoms with Crippen molar-refractivity contribution in [3.63, 3.8) is 0 Å². The third-order valence-electron chi connectivity index (χ3n) is 5.94. The average Bonchev–Trinajstić information content (AvgIpc) is 3.03. The van der Waals surface area contributed by atoms with Crippen molar-refractivity contribution in [2.75, 3.05) is 4.90 Å². The first-order valence-corrected chi connectivity index (χ1v) is 11.0. The van der Waals surface area contributed by atoms with Crippen LogP contribution in [0.4, 0.5) is 11.4 Å². The number of fused-ring (bicyclic) bond motifs is 1. The quantitative estimate of drug-likeness (QED) is 0.357. The van der Waals surface area contributed by atoms with Gasteiger partial charge in [0.05, 0.1) is 26.8 Å². The van der Waals surface area contributed by atoms with Gasteiger partial charge in [-0.15, -0.1) is 0 Å². The Morgan fingerprint density at radius 2 is 1.25 bits per heavy atom. The van der Waals surface area contributed by atoms with Crippen molar-refractivity contribution in [3.05, 3.63) is 118 Å². The minimum absolute atomic E-state index is 0.0534. The highest BCUT2D eigenvalue weighted by molar-refractivity contribution is 6.40. The Balaban J connectivity index is 1.73. The van der Waals surface area contributed by atoms with Gasteiger partial charge in [0.2, 0.25) is 5.91 Å². The van der Waals surface area contributed by atoms with E-state index >= 15 is 0 Å². The van der Waals surface area contributed by atoms with Crippen LogP contribution < -0.4 is 4.90 Å². The topological polar surface area (TPSA) is 46.1 Å². The summed E-state index contributed by atoms with van der Waals surface area (Å²) in [5, 5.41) is 0.869. The number of halogens is 2. The zero-order valence-corrected chi connectivity index (χ0v) is 18.6. The van der Waals surface area contributed by atoms with E-state index in [1.165, 1.54) is 0 Å². The van der Waals surface area contributed by atoms with Crippen molar-refractivity contribution in [2.24, 2.45) is 0 Å². The van der Waals surface area contributed by atoms with Crippen LogP contribution >= 0.6 is 23.2 Å². The number of carbonyl (C=O) groups is 1. The molecule has 4 nitrogen and oxygen atoms in total. The lowest BCUT2D eigenvalue weighted by molar-refractivity contribution is -0.122. The lowest BCUT2D eigenvalue weighted by atomic mass is 9.72. The molecule has 0 bridgehead atoms. The molecule has 3 heterocycles. The van der Waals surface area contributed by atoms with Crippen molar-refractivity contribution in [2.45, 2.75) is 18.3 Å². The minimum Gasteiger partial charge on any atom is -0.277 e. The van der Waals surface area contributed by atoms with Crippen LogP contribution in [0.2, 0.25) is 10.0 Å². The summed E-state index contributed by atoms with van der Waals surface area (Å²) in [5.74, 6) is -0.0534. The first-order chi connectivity index (χ1) is 15.6. The van der Waals surface area contributed by atoms with Crippen LogP contribution in [0.1, 0.15) is 16.7 Å². The van der Waals surface area contributed by atoms with E-state index in [2.05, 4.69) is 9.97 Å². The Bertz CT molecular complexity index is 1220. The summed E-state index contributed by atoms with van der Waals surface area (Å²) >= 11 is 13.1. The minimum atomic E-state index is -0.832. The Kier molecular flexibility index (Phi) is 5.41. The SMILES string of the molecule is O=C1N(c2c(Cl)cccc2Cl)c2ccccc2C1(Cc1ccncc1)Cc1ccncc1. The maximum Gasteiger partial charge on any atom is 0.243 e. The number of benzene rings is 2. The van der Waals surface area contributed by atoms with Crippen LogP contribution in [0.5, 0.6) is 0 Å². The molecule has 0 radical (unpaired) electrons. The fourth-order valence-corrected chi connectivity index (χ4v) is 5.11. The number of amides is 1. The number of rotatable bonds is 5. The molecule has 158 valence electrons. The van der Waals surface area contributed by atoms with E-state index in [4.69, 9.17) is 23.2 Å². The molecule has 5 rings (SSSR count). The molecular formula is C26H19Cl2N3O. The predicted octanol–water partition coefficient (Wildman–Crippen LogP) is 6.18. The summed E-state index contributed by atoms with van der Waals surface area (Å²) in [6, 6.07) is 21.0. The molecule has 0 unspecified atom stereocenters. The monoisotopic (exact) mass is 459 g/mol. The molecule has 1 aliphatic heterocycles. The fraction of sp³-hybridized carbons (Fsp3) is 0.115. The molecule has 0 aliphatic carbocycles. The van der Waals surface area contributed by atoms with Gasteiger partial charge in [-0.3, -0.25) is 19.7 Å². The van der Waals surface area contributed by atoms with Crippen LogP contribution in [-0.4, -0.2) is 15.9 Å². The normalized spacial score (nSPS) is 14.4. The molecule has 4 aromatic rings. The average molecular weight is 460 g/mol. The highest BCUT2D eigenvalue weighted by Crippen LogP contribution is 2.51. The summed E-state index contributed by atoms with van der Waals surface area (Å²) in [4.78, 5) is 24.3. The van der Waals surface area contributed by atoms with E-state index < -0.39 is 5.41 Å². The summed E-state index contributed by atoms with van der Waals surface area (Å²) in [5.41, 5.74) is 3.50. The van der Waals surface area contributed by atoms with Gasteiger partial charge < -0.3 is 0 Å². The van der Waals surface area contributed by atoms with Gasteiger partial charge in [0, 0.05) is 24.8 Å². The van der Waals surface area contributed by atoms with Crippen molar-refractivity contribution < 1.29 is 4.79 Å². The number of aromatic nitrogens is 2. The maximum absolute atomic E-state index is 14.4. The molecule has 2 aromatic carbocycles. The van der Waals surface area contributed by atoms with Gasteiger partial charge in [0.1, 0.15) is 0 Å². The van der Waals surface area contributed by atoms with Crippen molar-refractivity contribution in [3.8, 4) is 0 Å². The third-order valence-corrected chi connectivity index (χ3v) is 6.55. The third kappa shape index (κ3) is 3.46. The first-order valence-electron chi connectivity index (χ1n) is 10.3. The van der Waals surface area contributed by atoms with Gasteiger partial charge in [-0.25, -0.2) is 0 Å². The molecule has 0 saturated carbocycles. The van der Waals surface area contributed by atoms with Gasteiger partial charge >= 0.3 is 0 Å². The molecule has 1 aliphatic rings. The molecule has 0 spiro atoms. The number of hydrogen-bond donors (Lipinski definition) is 0. The van der Waals surface area contributed by atoms with E-state index in [-0.39, 0.29) is 5.91 Å². The second kappa shape index (κ2) is 8.38. The standard InChI is InChI=1S/C26H19Cl2N3O/c27-21-5-3-6-22(28)24(21)31-23-7-2-1-4-20(23)26(25(31)32,16-18-8-12-29-13-9-18)17-19-10-14-30-15-11-19/h1-15H,16-17H2. The molecular weight excluding hydrogens is 441 g/mol. The first kappa shape index (κ1) is 20.7. The summed E-state index contributed by atoms with van der Waals surface area (Å²) < 4.78 is 0. The number of hydrogen-bond acceptors (Lipinski definition) is 3. The van der Waals surface area contributed by atoms with Crippen LogP contribution in [0.15, 0.2) is 91.5 Å². The molecule has 6 heteroatoms. The molecule has 0 atom stereocenters. The fourth-order valence-electron chi connectivity index (χ4n) is 4.54. The Morgan fingerprint density at radius 3 is 1.81 bits per heavy atom. The largest absolute Gasteiger partial charge is 0.277 e. The number of carbonyl (C=O) groups excluding carboxylic acids is 1. The molecule has 0 saturated heterocycles. The van der Waals surface area contributed by atoms with E-state index in [1.807, 2.05) is 48.5 Å². The zero-order chi connectivity index (χ0) is 22.1. The molecule has 0 N–H and O–H groups in total. The van der Waals surface area contributed by atoms with Crippen LogP contribution in [0, 0.1) is 0 Å². The second-order valence-electron chi connectivity index (χ2n) is 7.87. The smallest absolute Gasteiger partial charge is 0.243 e. The molecule has 1 amide bonds. The van der Waals surface area contributed by atoms with Gasteiger partial charge in [-0.05, 0) is 72.0 Å². The van der Waals surface area contributed by atoms with E-state index in [9.17, 15) is 4.79 Å².